The van der Waals surface area contributed by atoms with E-state index in [2.05, 4.69) is 5.32 Å². The van der Waals surface area contributed by atoms with Crippen LogP contribution >= 0.6 is 11.6 Å². The molecule has 2 amide bonds. The van der Waals surface area contributed by atoms with Gasteiger partial charge in [-0.05, 0) is 29.7 Å². The lowest BCUT2D eigenvalue weighted by Crippen LogP contribution is -2.51. The quantitative estimate of drug-likeness (QED) is 0.596. The SMILES string of the molecule is O=C(NCc1c(F)cc(F)cc1F)C1=CN2C(=C(O)C1O)C(=O)N1CCc3ccc(Cl)cc3C2C1. The number of carbonyl (C=O) groups excluding carboxylic acids is 2. The average molecular weight is 506 g/mol. The second-order valence-electron chi connectivity index (χ2n) is 8.52. The minimum Gasteiger partial charge on any atom is -0.507 e. The molecule has 182 valence electrons. The Kier molecular flexibility index (Phi) is 5.72. The lowest BCUT2D eigenvalue weighted by molar-refractivity contribution is -0.133. The highest BCUT2D eigenvalue weighted by Crippen LogP contribution is 2.41. The standard InChI is InChI=1S/C24H19ClF3N3O4/c25-12-2-1-11-3-4-30-10-19(14(11)5-12)31-9-16(21(32)22(33)20(31)24(30)35)23(34)29-8-15-17(27)6-13(26)7-18(15)28/h1-2,5-7,9,19,21,32-33H,3-4,8,10H2,(H,29,34). The normalized spacial score (nSPS) is 21.3. The first-order chi connectivity index (χ1) is 16.7. The molecule has 0 aromatic heterocycles. The molecule has 0 radical (unpaired) electrons. The molecule has 0 saturated carbocycles. The number of piperazine rings is 1. The fraction of sp³-hybridized carbons (Fsp3) is 0.250. The maximum atomic E-state index is 14.0. The number of nitrogens with one attached hydrogen (secondary N) is 1. The first-order valence-corrected chi connectivity index (χ1v) is 11.1. The van der Waals surface area contributed by atoms with Gasteiger partial charge in [0.05, 0.1) is 11.6 Å². The number of benzene rings is 2. The summed E-state index contributed by atoms with van der Waals surface area (Å²) in [5, 5.41) is 24.1. The molecule has 3 N–H and O–H groups in total. The van der Waals surface area contributed by atoms with Crippen molar-refractivity contribution in [2.24, 2.45) is 0 Å². The molecule has 5 rings (SSSR count). The van der Waals surface area contributed by atoms with Crippen LogP contribution in [-0.2, 0) is 22.6 Å². The van der Waals surface area contributed by atoms with Crippen molar-refractivity contribution in [3.05, 3.63) is 92.7 Å². The summed E-state index contributed by atoms with van der Waals surface area (Å²) in [6, 6.07) is 5.83. The first kappa shape index (κ1) is 23.3. The Morgan fingerprint density at radius 3 is 2.60 bits per heavy atom. The van der Waals surface area contributed by atoms with Crippen LogP contribution in [0, 0.1) is 17.5 Å². The Hall–Kier alpha value is -3.50. The molecule has 35 heavy (non-hydrogen) atoms. The van der Waals surface area contributed by atoms with Gasteiger partial charge in [-0.1, -0.05) is 17.7 Å². The van der Waals surface area contributed by atoms with Crippen LogP contribution < -0.4 is 5.32 Å². The number of halogens is 4. The Labute approximate surface area is 202 Å². The lowest BCUT2D eigenvalue weighted by atomic mass is 9.93. The van der Waals surface area contributed by atoms with Crippen LogP contribution in [-0.4, -0.2) is 51.0 Å². The number of aliphatic hydroxyl groups excluding tert-OH is 2. The van der Waals surface area contributed by atoms with Crippen molar-refractivity contribution >= 4 is 23.4 Å². The predicted octanol–water partition coefficient (Wildman–Crippen LogP) is 2.84. The summed E-state index contributed by atoms with van der Waals surface area (Å²) in [6.07, 6.45) is -0.0267. The van der Waals surface area contributed by atoms with Crippen molar-refractivity contribution < 1.29 is 33.0 Å². The van der Waals surface area contributed by atoms with E-state index in [-0.39, 0.29) is 17.8 Å². The molecule has 2 unspecified atom stereocenters. The van der Waals surface area contributed by atoms with E-state index < -0.39 is 59.3 Å². The molecule has 0 aliphatic carbocycles. The Morgan fingerprint density at radius 2 is 1.89 bits per heavy atom. The van der Waals surface area contributed by atoms with Crippen LogP contribution in [0.25, 0.3) is 0 Å². The molecule has 2 bridgehead atoms. The highest BCUT2D eigenvalue weighted by atomic mass is 35.5. The fourth-order valence-electron chi connectivity index (χ4n) is 4.68. The van der Waals surface area contributed by atoms with Gasteiger partial charge in [0.1, 0.15) is 29.3 Å². The van der Waals surface area contributed by atoms with Crippen molar-refractivity contribution in [3.63, 3.8) is 0 Å². The van der Waals surface area contributed by atoms with E-state index in [0.29, 0.717) is 30.1 Å². The zero-order chi connectivity index (χ0) is 25.0. The summed E-state index contributed by atoms with van der Waals surface area (Å²) in [6.45, 7) is 0.0275. The van der Waals surface area contributed by atoms with Gasteiger partial charge in [0, 0.05) is 48.6 Å². The maximum Gasteiger partial charge on any atom is 0.274 e. The average Bonchev–Trinajstić information content (AvgIpc) is 2.96. The summed E-state index contributed by atoms with van der Waals surface area (Å²) in [7, 11) is 0. The van der Waals surface area contributed by atoms with Crippen LogP contribution in [0.15, 0.2) is 53.6 Å². The third kappa shape index (κ3) is 3.92. The maximum absolute atomic E-state index is 14.0. The van der Waals surface area contributed by atoms with Crippen molar-refractivity contribution in [3.8, 4) is 0 Å². The van der Waals surface area contributed by atoms with Gasteiger partial charge in [-0.15, -0.1) is 0 Å². The van der Waals surface area contributed by atoms with Crippen molar-refractivity contribution in [2.75, 3.05) is 13.1 Å². The number of nitrogens with zero attached hydrogens (tertiary/aromatic N) is 2. The smallest absolute Gasteiger partial charge is 0.274 e. The third-order valence-corrected chi connectivity index (χ3v) is 6.70. The molecule has 3 aliphatic heterocycles. The van der Waals surface area contributed by atoms with Crippen LogP contribution in [0.2, 0.25) is 5.02 Å². The molecule has 1 saturated heterocycles. The number of hydrogen-bond donors (Lipinski definition) is 3. The molecule has 0 spiro atoms. The highest BCUT2D eigenvalue weighted by molar-refractivity contribution is 6.30. The number of aliphatic hydroxyl groups is 2. The number of hydrogen-bond acceptors (Lipinski definition) is 5. The van der Waals surface area contributed by atoms with Gasteiger partial charge in [0.25, 0.3) is 11.8 Å². The van der Waals surface area contributed by atoms with Crippen LogP contribution in [0.1, 0.15) is 22.7 Å². The van der Waals surface area contributed by atoms with Crippen LogP contribution in [0.3, 0.4) is 0 Å². The van der Waals surface area contributed by atoms with Gasteiger partial charge >= 0.3 is 0 Å². The fourth-order valence-corrected chi connectivity index (χ4v) is 4.86. The summed E-state index contributed by atoms with van der Waals surface area (Å²) in [5.41, 5.74) is 0.697. The number of rotatable bonds is 3. The second kappa shape index (κ2) is 8.62. The Bertz CT molecular complexity index is 1310. The molecule has 11 heteroatoms. The second-order valence-corrected chi connectivity index (χ2v) is 8.96. The minimum atomic E-state index is -1.84. The highest BCUT2D eigenvalue weighted by Gasteiger charge is 2.45. The van der Waals surface area contributed by atoms with E-state index in [0.717, 1.165) is 11.1 Å². The van der Waals surface area contributed by atoms with E-state index in [1.807, 2.05) is 6.07 Å². The molecule has 1 fully saturated rings. The largest absolute Gasteiger partial charge is 0.507 e. The van der Waals surface area contributed by atoms with E-state index >= 15 is 0 Å². The van der Waals surface area contributed by atoms with Crippen molar-refractivity contribution in [1.29, 1.82) is 0 Å². The number of amides is 2. The zero-order valence-electron chi connectivity index (χ0n) is 18.1. The zero-order valence-corrected chi connectivity index (χ0v) is 18.8. The molecule has 2 atom stereocenters. The predicted molar refractivity (Wildman–Crippen MR) is 118 cm³/mol. The van der Waals surface area contributed by atoms with Gasteiger partial charge < -0.3 is 25.3 Å². The molecule has 3 aliphatic rings. The monoisotopic (exact) mass is 505 g/mol. The lowest BCUT2D eigenvalue weighted by Gasteiger charge is -2.43. The Balaban J connectivity index is 1.49. The minimum absolute atomic E-state index is 0.159. The Morgan fingerprint density at radius 1 is 1.17 bits per heavy atom. The van der Waals surface area contributed by atoms with Crippen molar-refractivity contribution in [2.45, 2.75) is 25.1 Å². The summed E-state index contributed by atoms with van der Waals surface area (Å²) in [5.74, 6) is -5.60. The van der Waals surface area contributed by atoms with E-state index in [9.17, 15) is 33.0 Å². The molecular weight excluding hydrogens is 487 g/mol. The van der Waals surface area contributed by atoms with Gasteiger partial charge in [0.15, 0.2) is 5.76 Å². The summed E-state index contributed by atoms with van der Waals surface area (Å²) >= 11 is 6.21. The number of carbonyl (C=O) groups is 2. The van der Waals surface area contributed by atoms with Gasteiger partial charge in [0.2, 0.25) is 0 Å². The molecule has 2 aromatic rings. The number of fused-ring (bicyclic) bond motifs is 6. The summed E-state index contributed by atoms with van der Waals surface area (Å²) in [4.78, 5) is 28.9. The molecule has 3 heterocycles. The molecule has 7 nitrogen and oxygen atoms in total. The molecular formula is C24H19ClF3N3O4. The van der Waals surface area contributed by atoms with Crippen LogP contribution in [0.5, 0.6) is 0 Å². The van der Waals surface area contributed by atoms with E-state index in [1.165, 1.54) is 11.1 Å². The van der Waals surface area contributed by atoms with E-state index in [1.54, 1.807) is 17.0 Å². The van der Waals surface area contributed by atoms with Gasteiger partial charge in [-0.3, -0.25) is 9.59 Å². The first-order valence-electron chi connectivity index (χ1n) is 10.8. The van der Waals surface area contributed by atoms with Gasteiger partial charge in [-0.25, -0.2) is 13.2 Å². The van der Waals surface area contributed by atoms with Gasteiger partial charge in [-0.2, -0.15) is 0 Å². The third-order valence-electron chi connectivity index (χ3n) is 6.46. The van der Waals surface area contributed by atoms with Crippen LogP contribution in [0.4, 0.5) is 13.2 Å². The summed E-state index contributed by atoms with van der Waals surface area (Å²) < 4.78 is 41.1. The van der Waals surface area contributed by atoms with Crippen molar-refractivity contribution in [1.82, 2.24) is 15.1 Å². The topological polar surface area (TPSA) is 93.1 Å². The molecule has 2 aromatic carbocycles. The van der Waals surface area contributed by atoms with E-state index in [4.69, 9.17) is 11.6 Å².